The Morgan fingerprint density at radius 2 is 1.87 bits per heavy atom. The van der Waals surface area contributed by atoms with Gasteiger partial charge in [0.05, 0.1) is 18.5 Å². The van der Waals surface area contributed by atoms with E-state index in [1.807, 2.05) is 31.2 Å². The predicted molar refractivity (Wildman–Crippen MR) is 114 cm³/mol. The molecular formula is C21H23FN4O4S. The fraction of sp³-hybridized carbons (Fsp3) is 0.286. The van der Waals surface area contributed by atoms with E-state index in [4.69, 9.17) is 4.52 Å². The van der Waals surface area contributed by atoms with E-state index in [0.29, 0.717) is 5.82 Å². The Morgan fingerprint density at radius 1 is 1.19 bits per heavy atom. The van der Waals surface area contributed by atoms with Gasteiger partial charge in [-0.05, 0) is 44.2 Å². The zero-order chi connectivity index (χ0) is 22.8. The number of aryl methyl sites for hydroxylation is 1. The maximum absolute atomic E-state index is 13.3. The molecule has 0 fully saturated rings. The molecule has 0 radical (unpaired) electrons. The molecule has 164 valence electrons. The molecule has 0 aliphatic rings. The van der Waals surface area contributed by atoms with Crippen molar-refractivity contribution in [2.24, 2.45) is 0 Å². The molecule has 1 unspecified atom stereocenters. The Bertz CT molecular complexity index is 1180. The highest BCUT2D eigenvalue weighted by atomic mass is 32.2. The van der Waals surface area contributed by atoms with Crippen LogP contribution in [0.25, 0.3) is 11.4 Å². The van der Waals surface area contributed by atoms with Crippen LogP contribution < -0.4 is 4.31 Å². The smallest absolute Gasteiger partial charge is 0.246 e. The van der Waals surface area contributed by atoms with Crippen molar-refractivity contribution in [1.82, 2.24) is 15.0 Å². The molecule has 8 nitrogen and oxygen atoms in total. The minimum atomic E-state index is -3.81. The normalized spacial score (nSPS) is 12.4. The molecule has 0 aliphatic carbocycles. The molecule has 0 aliphatic heterocycles. The number of nitrogens with zero attached hydrogens (tertiary/aromatic N) is 4. The maximum Gasteiger partial charge on any atom is 0.246 e. The number of aromatic nitrogens is 2. The van der Waals surface area contributed by atoms with Crippen molar-refractivity contribution in [2.75, 3.05) is 17.6 Å². The van der Waals surface area contributed by atoms with Gasteiger partial charge >= 0.3 is 0 Å². The van der Waals surface area contributed by atoms with Crippen molar-refractivity contribution in [1.29, 1.82) is 0 Å². The quantitative estimate of drug-likeness (QED) is 0.554. The van der Waals surface area contributed by atoms with Gasteiger partial charge in [-0.2, -0.15) is 4.98 Å². The summed E-state index contributed by atoms with van der Waals surface area (Å²) in [5, 5.41) is 3.95. The standard InChI is InChI=1S/C21H23FN4O4S/c1-14-6-5-7-16(12-14)20-23-19(30-24-20)13-25(3)21(27)15(2)26(31(4,28)29)18-10-8-17(22)9-11-18/h5-12,15H,13H2,1-4H3. The van der Waals surface area contributed by atoms with Gasteiger partial charge in [0, 0.05) is 12.6 Å². The summed E-state index contributed by atoms with van der Waals surface area (Å²) in [6.45, 7) is 3.42. The maximum atomic E-state index is 13.3. The summed E-state index contributed by atoms with van der Waals surface area (Å²) in [4.78, 5) is 18.6. The topological polar surface area (TPSA) is 96.6 Å². The lowest BCUT2D eigenvalue weighted by Crippen LogP contribution is -2.48. The van der Waals surface area contributed by atoms with E-state index >= 15 is 0 Å². The molecule has 1 atom stereocenters. The van der Waals surface area contributed by atoms with E-state index in [1.54, 1.807) is 0 Å². The molecule has 0 bridgehead atoms. The van der Waals surface area contributed by atoms with E-state index < -0.39 is 27.8 Å². The zero-order valence-corrected chi connectivity index (χ0v) is 18.4. The lowest BCUT2D eigenvalue weighted by Gasteiger charge is -2.30. The van der Waals surface area contributed by atoms with Crippen molar-refractivity contribution in [2.45, 2.75) is 26.4 Å². The summed E-state index contributed by atoms with van der Waals surface area (Å²) in [7, 11) is -2.29. The predicted octanol–water partition coefficient (Wildman–Crippen LogP) is 3.00. The summed E-state index contributed by atoms with van der Waals surface area (Å²) in [5.74, 6) is -0.372. The van der Waals surface area contributed by atoms with Crippen molar-refractivity contribution < 1.29 is 22.1 Å². The first kappa shape index (κ1) is 22.4. The summed E-state index contributed by atoms with van der Waals surface area (Å²) in [5.41, 5.74) is 2.03. The van der Waals surface area contributed by atoms with Crippen molar-refractivity contribution in [3.05, 3.63) is 65.8 Å². The molecule has 0 saturated heterocycles. The van der Waals surface area contributed by atoms with Gasteiger partial charge in [0.25, 0.3) is 0 Å². The van der Waals surface area contributed by atoms with Gasteiger partial charge in [0.1, 0.15) is 11.9 Å². The van der Waals surface area contributed by atoms with Crippen molar-refractivity contribution in [3.63, 3.8) is 0 Å². The minimum Gasteiger partial charge on any atom is -0.337 e. The van der Waals surface area contributed by atoms with Crippen LogP contribution in [0.1, 0.15) is 18.4 Å². The number of hydrogen-bond acceptors (Lipinski definition) is 6. The SMILES string of the molecule is Cc1cccc(-c2noc(CN(C)C(=O)C(C)N(c3ccc(F)cc3)S(C)(=O)=O)n2)c1. The van der Waals surface area contributed by atoms with Crippen LogP contribution in [0.2, 0.25) is 0 Å². The van der Waals surface area contributed by atoms with Gasteiger partial charge in [0.15, 0.2) is 0 Å². The first-order chi connectivity index (χ1) is 14.6. The van der Waals surface area contributed by atoms with E-state index in [1.165, 1.54) is 31.0 Å². The number of rotatable bonds is 7. The van der Waals surface area contributed by atoms with Crippen LogP contribution in [0.5, 0.6) is 0 Å². The van der Waals surface area contributed by atoms with Crippen LogP contribution in [-0.2, 0) is 21.4 Å². The second-order valence-corrected chi connectivity index (χ2v) is 9.15. The first-order valence-electron chi connectivity index (χ1n) is 9.46. The van der Waals surface area contributed by atoms with Crippen LogP contribution in [0, 0.1) is 12.7 Å². The third-order valence-corrected chi connectivity index (χ3v) is 5.88. The number of halogens is 1. The lowest BCUT2D eigenvalue weighted by molar-refractivity contribution is -0.131. The second-order valence-electron chi connectivity index (χ2n) is 7.29. The number of benzene rings is 2. The Kier molecular flexibility index (Phi) is 6.40. The molecule has 0 saturated carbocycles. The molecule has 1 aromatic heterocycles. The van der Waals surface area contributed by atoms with Gasteiger partial charge in [-0.3, -0.25) is 9.10 Å². The molecule has 10 heteroatoms. The average molecular weight is 447 g/mol. The van der Waals surface area contributed by atoms with Crippen molar-refractivity contribution in [3.8, 4) is 11.4 Å². The third kappa shape index (κ3) is 5.26. The molecule has 1 heterocycles. The minimum absolute atomic E-state index is 0.00298. The largest absolute Gasteiger partial charge is 0.337 e. The van der Waals surface area contributed by atoms with Gasteiger partial charge in [-0.25, -0.2) is 12.8 Å². The molecule has 3 rings (SSSR count). The number of hydrogen-bond donors (Lipinski definition) is 0. The van der Waals surface area contributed by atoms with Gasteiger partial charge in [0.2, 0.25) is 27.6 Å². The van der Waals surface area contributed by atoms with Gasteiger partial charge in [-0.15, -0.1) is 0 Å². The number of amides is 1. The number of likely N-dealkylation sites (N-methyl/N-ethyl adjacent to an activating group) is 1. The molecule has 0 N–H and O–H groups in total. The van der Waals surface area contributed by atoms with Gasteiger partial charge < -0.3 is 9.42 Å². The van der Waals surface area contributed by atoms with E-state index in [2.05, 4.69) is 10.1 Å². The summed E-state index contributed by atoms with van der Waals surface area (Å²) < 4.78 is 44.2. The van der Waals surface area contributed by atoms with E-state index in [0.717, 1.165) is 33.8 Å². The van der Waals surface area contributed by atoms with Crippen LogP contribution >= 0.6 is 0 Å². The highest BCUT2D eigenvalue weighted by Gasteiger charge is 2.31. The number of carbonyl (C=O) groups excluding carboxylic acids is 1. The van der Waals surface area contributed by atoms with Crippen LogP contribution in [-0.4, -0.2) is 48.7 Å². The molecule has 3 aromatic rings. The van der Waals surface area contributed by atoms with Crippen LogP contribution in [0.3, 0.4) is 0 Å². The zero-order valence-electron chi connectivity index (χ0n) is 17.6. The van der Waals surface area contributed by atoms with Crippen LogP contribution in [0.4, 0.5) is 10.1 Å². The molecule has 0 spiro atoms. The molecule has 2 aromatic carbocycles. The average Bonchev–Trinajstić information content (AvgIpc) is 3.16. The summed E-state index contributed by atoms with van der Waals surface area (Å²) >= 11 is 0. The summed E-state index contributed by atoms with van der Waals surface area (Å²) in [6.07, 6.45) is 0.992. The van der Waals surface area contributed by atoms with Crippen molar-refractivity contribution >= 4 is 21.6 Å². The van der Waals surface area contributed by atoms with E-state index in [-0.39, 0.29) is 18.1 Å². The third-order valence-electron chi connectivity index (χ3n) is 4.64. The lowest BCUT2D eigenvalue weighted by atomic mass is 10.1. The van der Waals surface area contributed by atoms with Gasteiger partial charge in [-0.1, -0.05) is 28.9 Å². The Balaban J connectivity index is 1.77. The fourth-order valence-corrected chi connectivity index (χ4v) is 4.38. The highest BCUT2D eigenvalue weighted by molar-refractivity contribution is 7.92. The van der Waals surface area contributed by atoms with E-state index in [9.17, 15) is 17.6 Å². The number of anilines is 1. The second kappa shape index (κ2) is 8.84. The Labute approximate surface area is 180 Å². The van der Waals surface area contributed by atoms with Crippen LogP contribution in [0.15, 0.2) is 53.1 Å². The number of sulfonamides is 1. The molecular weight excluding hydrogens is 423 g/mol. The first-order valence-corrected chi connectivity index (χ1v) is 11.3. The Morgan fingerprint density at radius 3 is 2.48 bits per heavy atom. The highest BCUT2D eigenvalue weighted by Crippen LogP contribution is 2.23. The Hall–Kier alpha value is -3.27. The molecule has 31 heavy (non-hydrogen) atoms. The number of carbonyl (C=O) groups is 1. The summed E-state index contributed by atoms with van der Waals surface area (Å²) in [6, 6.07) is 11.4. The fourth-order valence-electron chi connectivity index (χ4n) is 3.21. The monoisotopic (exact) mass is 446 g/mol. The molecule has 1 amide bonds.